The van der Waals surface area contributed by atoms with Crippen molar-refractivity contribution in [1.82, 2.24) is 10.2 Å². The Morgan fingerprint density at radius 2 is 1.95 bits per heavy atom. The zero-order valence-electron chi connectivity index (χ0n) is 11.1. The zero-order chi connectivity index (χ0) is 14.0. The maximum atomic E-state index is 12.1. The maximum absolute atomic E-state index is 12.1. The molecule has 2 unspecified atom stereocenters. The van der Waals surface area contributed by atoms with E-state index in [-0.39, 0.29) is 23.7 Å². The molecule has 0 bridgehead atoms. The molecular weight excluding hydrogens is 248 g/mol. The van der Waals surface area contributed by atoms with Crippen molar-refractivity contribution in [3.8, 4) is 0 Å². The summed E-state index contributed by atoms with van der Waals surface area (Å²) in [7, 11) is 0. The van der Waals surface area contributed by atoms with Crippen LogP contribution in [0.4, 0.5) is 0 Å². The number of carbonyl (C=O) groups excluding carboxylic acids is 2. The van der Waals surface area contributed by atoms with E-state index in [1.807, 2.05) is 0 Å². The van der Waals surface area contributed by atoms with Gasteiger partial charge in [0, 0.05) is 20.0 Å². The quantitative estimate of drug-likeness (QED) is 0.764. The molecule has 2 fully saturated rings. The third kappa shape index (κ3) is 3.45. The normalized spacial score (nSPS) is 24.7. The van der Waals surface area contributed by atoms with E-state index < -0.39 is 12.0 Å². The Labute approximate surface area is 112 Å². The van der Waals surface area contributed by atoms with E-state index in [1.54, 1.807) is 4.90 Å². The van der Waals surface area contributed by atoms with Crippen molar-refractivity contribution in [1.29, 1.82) is 0 Å². The average molecular weight is 268 g/mol. The summed E-state index contributed by atoms with van der Waals surface area (Å²) >= 11 is 0. The Morgan fingerprint density at radius 1 is 1.26 bits per heavy atom. The topological polar surface area (TPSA) is 86.7 Å². The van der Waals surface area contributed by atoms with E-state index in [0.29, 0.717) is 19.5 Å². The third-order valence-electron chi connectivity index (χ3n) is 3.89. The SMILES string of the molecule is CC(=O)N1CCCC(C(=O)NC(C(=O)O)C2CC2)C1. The van der Waals surface area contributed by atoms with E-state index in [4.69, 9.17) is 5.11 Å². The van der Waals surface area contributed by atoms with Crippen LogP contribution >= 0.6 is 0 Å². The van der Waals surface area contributed by atoms with Gasteiger partial charge in [-0.3, -0.25) is 9.59 Å². The van der Waals surface area contributed by atoms with Crippen LogP contribution < -0.4 is 5.32 Å². The number of amides is 2. The fraction of sp³-hybridized carbons (Fsp3) is 0.769. The maximum Gasteiger partial charge on any atom is 0.326 e. The van der Waals surface area contributed by atoms with Crippen molar-refractivity contribution in [3.05, 3.63) is 0 Å². The van der Waals surface area contributed by atoms with Crippen LogP contribution in [-0.2, 0) is 14.4 Å². The predicted octanol–water partition coefficient (Wildman–Crippen LogP) is 0.224. The number of hydrogen-bond donors (Lipinski definition) is 2. The van der Waals surface area contributed by atoms with Gasteiger partial charge in [0.25, 0.3) is 0 Å². The molecule has 106 valence electrons. The molecule has 2 amide bonds. The van der Waals surface area contributed by atoms with Crippen LogP contribution in [0.15, 0.2) is 0 Å². The minimum absolute atomic E-state index is 0.0329. The Balaban J connectivity index is 1.91. The highest BCUT2D eigenvalue weighted by Crippen LogP contribution is 2.33. The van der Waals surface area contributed by atoms with Gasteiger partial charge in [0.2, 0.25) is 11.8 Å². The smallest absolute Gasteiger partial charge is 0.326 e. The number of aliphatic carboxylic acids is 1. The van der Waals surface area contributed by atoms with E-state index in [9.17, 15) is 14.4 Å². The van der Waals surface area contributed by atoms with Gasteiger partial charge in [-0.1, -0.05) is 0 Å². The molecule has 19 heavy (non-hydrogen) atoms. The van der Waals surface area contributed by atoms with Gasteiger partial charge < -0.3 is 15.3 Å². The van der Waals surface area contributed by atoms with Crippen molar-refractivity contribution in [2.45, 2.75) is 38.6 Å². The Hall–Kier alpha value is -1.59. The molecule has 6 heteroatoms. The van der Waals surface area contributed by atoms with Crippen LogP contribution in [0.5, 0.6) is 0 Å². The molecule has 1 saturated carbocycles. The van der Waals surface area contributed by atoms with Gasteiger partial charge in [-0.25, -0.2) is 4.79 Å². The lowest BCUT2D eigenvalue weighted by Gasteiger charge is -2.31. The summed E-state index contributed by atoms with van der Waals surface area (Å²) in [4.78, 5) is 36.2. The average Bonchev–Trinajstić information content (AvgIpc) is 3.19. The summed E-state index contributed by atoms with van der Waals surface area (Å²) in [5, 5.41) is 11.7. The summed E-state index contributed by atoms with van der Waals surface area (Å²) < 4.78 is 0. The molecule has 1 aliphatic heterocycles. The van der Waals surface area contributed by atoms with Gasteiger partial charge in [-0.05, 0) is 31.6 Å². The number of carbonyl (C=O) groups is 3. The molecule has 1 aliphatic carbocycles. The van der Waals surface area contributed by atoms with Gasteiger partial charge in [0.15, 0.2) is 0 Å². The first-order valence-electron chi connectivity index (χ1n) is 6.77. The highest BCUT2D eigenvalue weighted by atomic mass is 16.4. The molecule has 0 radical (unpaired) electrons. The van der Waals surface area contributed by atoms with Crippen LogP contribution in [0, 0.1) is 11.8 Å². The number of nitrogens with zero attached hydrogens (tertiary/aromatic N) is 1. The number of carboxylic acid groups (broad SMARTS) is 1. The van der Waals surface area contributed by atoms with E-state index in [1.165, 1.54) is 6.92 Å². The van der Waals surface area contributed by atoms with Crippen LogP contribution in [0.25, 0.3) is 0 Å². The molecule has 0 aromatic carbocycles. The monoisotopic (exact) mass is 268 g/mol. The molecule has 2 N–H and O–H groups in total. The molecular formula is C13H20N2O4. The molecule has 1 heterocycles. The molecule has 6 nitrogen and oxygen atoms in total. The fourth-order valence-corrected chi connectivity index (χ4v) is 2.56. The first kappa shape index (κ1) is 13.8. The number of nitrogens with one attached hydrogen (secondary N) is 1. The summed E-state index contributed by atoms with van der Waals surface area (Å²) in [6.07, 6.45) is 3.23. The lowest BCUT2D eigenvalue weighted by molar-refractivity contribution is -0.144. The lowest BCUT2D eigenvalue weighted by atomic mass is 9.96. The third-order valence-corrected chi connectivity index (χ3v) is 3.89. The number of likely N-dealkylation sites (tertiary alicyclic amines) is 1. The van der Waals surface area contributed by atoms with Crippen LogP contribution in [-0.4, -0.2) is 46.9 Å². The molecule has 0 spiro atoms. The standard InChI is InChI=1S/C13H20N2O4/c1-8(16)15-6-2-3-10(7-15)12(17)14-11(13(18)19)9-4-5-9/h9-11H,2-7H2,1H3,(H,14,17)(H,18,19). The zero-order valence-corrected chi connectivity index (χ0v) is 11.1. The first-order chi connectivity index (χ1) is 8.99. The Morgan fingerprint density at radius 3 is 2.47 bits per heavy atom. The van der Waals surface area contributed by atoms with Crippen molar-refractivity contribution in [2.24, 2.45) is 11.8 Å². The molecule has 0 aromatic heterocycles. The van der Waals surface area contributed by atoms with Crippen molar-refractivity contribution in [3.63, 3.8) is 0 Å². The highest BCUT2D eigenvalue weighted by molar-refractivity contribution is 5.86. The van der Waals surface area contributed by atoms with Crippen LogP contribution in [0.3, 0.4) is 0 Å². The first-order valence-corrected chi connectivity index (χ1v) is 6.77. The van der Waals surface area contributed by atoms with Crippen molar-refractivity contribution >= 4 is 17.8 Å². The Kier molecular flexibility index (Phi) is 4.07. The fourth-order valence-electron chi connectivity index (χ4n) is 2.56. The summed E-state index contributed by atoms with van der Waals surface area (Å²) in [5.41, 5.74) is 0. The molecule has 0 aromatic rings. The van der Waals surface area contributed by atoms with Gasteiger partial charge in [0.05, 0.1) is 5.92 Å². The number of piperidine rings is 1. The van der Waals surface area contributed by atoms with E-state index in [0.717, 1.165) is 19.3 Å². The largest absolute Gasteiger partial charge is 0.480 e. The molecule has 2 atom stereocenters. The number of hydrogen-bond acceptors (Lipinski definition) is 3. The second-order valence-corrected chi connectivity index (χ2v) is 5.47. The molecule has 1 saturated heterocycles. The highest BCUT2D eigenvalue weighted by Gasteiger charge is 2.38. The van der Waals surface area contributed by atoms with Crippen LogP contribution in [0.1, 0.15) is 32.6 Å². The van der Waals surface area contributed by atoms with E-state index in [2.05, 4.69) is 5.32 Å². The predicted molar refractivity (Wildman–Crippen MR) is 67.3 cm³/mol. The van der Waals surface area contributed by atoms with Crippen molar-refractivity contribution in [2.75, 3.05) is 13.1 Å². The minimum atomic E-state index is -0.963. The van der Waals surface area contributed by atoms with E-state index >= 15 is 0 Å². The minimum Gasteiger partial charge on any atom is -0.480 e. The van der Waals surface area contributed by atoms with Crippen LogP contribution in [0.2, 0.25) is 0 Å². The lowest BCUT2D eigenvalue weighted by Crippen LogP contribution is -2.49. The second kappa shape index (κ2) is 5.59. The molecule has 2 rings (SSSR count). The number of carboxylic acids is 1. The molecule has 2 aliphatic rings. The summed E-state index contributed by atoms with van der Waals surface area (Å²) in [6.45, 7) is 2.58. The summed E-state index contributed by atoms with van der Waals surface area (Å²) in [6, 6.07) is -0.764. The Bertz CT molecular complexity index is 392. The number of rotatable bonds is 4. The summed E-state index contributed by atoms with van der Waals surface area (Å²) in [5.74, 6) is -1.43. The van der Waals surface area contributed by atoms with Crippen molar-refractivity contribution < 1.29 is 19.5 Å². The van der Waals surface area contributed by atoms with Gasteiger partial charge in [-0.15, -0.1) is 0 Å². The van der Waals surface area contributed by atoms with Gasteiger partial charge >= 0.3 is 5.97 Å². The second-order valence-electron chi connectivity index (χ2n) is 5.47. The van der Waals surface area contributed by atoms with Gasteiger partial charge in [-0.2, -0.15) is 0 Å². The van der Waals surface area contributed by atoms with Gasteiger partial charge in [0.1, 0.15) is 6.04 Å².